The molecule has 0 aliphatic rings. The van der Waals surface area contributed by atoms with Gasteiger partial charge in [-0.1, -0.05) is 17.7 Å². The quantitative estimate of drug-likeness (QED) is 0.387. The maximum Gasteiger partial charge on any atom is 0.416 e. The number of aromatic nitrogens is 2. The number of thiazole rings is 1. The van der Waals surface area contributed by atoms with Crippen LogP contribution in [-0.4, -0.2) is 20.7 Å². The Morgan fingerprint density at radius 3 is 2.96 bits per heavy atom. The zero-order valence-corrected chi connectivity index (χ0v) is 14.6. The fourth-order valence-corrected chi connectivity index (χ4v) is 3.14. The van der Waals surface area contributed by atoms with E-state index in [1.54, 1.807) is 10.6 Å². The van der Waals surface area contributed by atoms with Gasteiger partial charge >= 0.3 is 6.18 Å². The normalized spacial score (nSPS) is 12.0. The summed E-state index contributed by atoms with van der Waals surface area (Å²) in [5, 5.41) is 8.74. The molecule has 3 aromatic rings. The Morgan fingerprint density at radius 2 is 2.20 bits per heavy atom. The first-order valence-electron chi connectivity index (χ1n) is 6.73. The van der Waals surface area contributed by atoms with E-state index in [9.17, 15) is 13.2 Å². The summed E-state index contributed by atoms with van der Waals surface area (Å²) in [6, 6.07) is 4.69. The highest BCUT2D eigenvalue weighted by molar-refractivity contribution is 7.80. The molecule has 130 valence electrons. The lowest BCUT2D eigenvalue weighted by atomic mass is 10.2. The summed E-state index contributed by atoms with van der Waals surface area (Å²) in [7, 11) is 0. The fraction of sp³-hybridized carbons (Fsp3) is 0.0714. The van der Waals surface area contributed by atoms with E-state index in [0.717, 1.165) is 17.1 Å². The number of fused-ring (bicyclic) bond motifs is 1. The number of hydrogen-bond donors (Lipinski definition) is 2. The number of halogens is 4. The monoisotopic (exact) mass is 403 g/mol. The first-order chi connectivity index (χ1) is 11.8. The summed E-state index contributed by atoms with van der Waals surface area (Å²) in [4.78, 5) is 4.86. The number of nitrogens with zero attached hydrogens (tertiary/aromatic N) is 3. The van der Waals surface area contributed by atoms with Crippen molar-refractivity contribution in [2.75, 3.05) is 5.32 Å². The molecule has 0 saturated carbocycles. The second kappa shape index (κ2) is 6.98. The number of thiocarbonyl (C=S) groups is 1. The van der Waals surface area contributed by atoms with Crippen LogP contribution in [0.15, 0.2) is 40.9 Å². The van der Waals surface area contributed by atoms with E-state index >= 15 is 0 Å². The predicted molar refractivity (Wildman–Crippen MR) is 96.5 cm³/mol. The number of anilines is 1. The Hall–Kier alpha value is -2.17. The number of rotatable bonds is 3. The molecular formula is C14H9ClF3N5S2. The van der Waals surface area contributed by atoms with Crippen LogP contribution < -0.4 is 10.7 Å². The maximum atomic E-state index is 12.7. The lowest BCUT2D eigenvalue weighted by molar-refractivity contribution is -0.137. The van der Waals surface area contributed by atoms with Gasteiger partial charge in [-0.25, -0.2) is 4.98 Å². The zero-order valence-electron chi connectivity index (χ0n) is 12.2. The van der Waals surface area contributed by atoms with Crippen LogP contribution in [0.4, 0.5) is 18.9 Å². The Morgan fingerprint density at radius 1 is 1.40 bits per heavy atom. The summed E-state index contributed by atoms with van der Waals surface area (Å²) in [5.74, 6) is 0. The molecule has 1 aromatic carbocycles. The van der Waals surface area contributed by atoms with Crippen molar-refractivity contribution in [2.24, 2.45) is 5.10 Å². The van der Waals surface area contributed by atoms with Crippen molar-refractivity contribution < 1.29 is 13.2 Å². The number of imidazole rings is 1. The van der Waals surface area contributed by atoms with Crippen molar-refractivity contribution >= 4 is 57.1 Å². The molecule has 11 heteroatoms. The summed E-state index contributed by atoms with van der Waals surface area (Å²) in [5.41, 5.74) is 2.52. The lowest BCUT2D eigenvalue weighted by Gasteiger charge is -2.10. The van der Waals surface area contributed by atoms with Crippen LogP contribution in [0.25, 0.3) is 4.96 Å². The second-order valence-electron chi connectivity index (χ2n) is 4.75. The SMILES string of the molecule is FC(F)(F)c1cccc(NC(=S)N/N=C/c2c(Cl)nc3sccn23)c1. The van der Waals surface area contributed by atoms with Gasteiger partial charge in [-0.2, -0.15) is 18.3 Å². The summed E-state index contributed by atoms with van der Waals surface area (Å²) >= 11 is 12.4. The smallest absolute Gasteiger partial charge is 0.331 e. The van der Waals surface area contributed by atoms with Gasteiger partial charge in [0.2, 0.25) is 0 Å². The molecule has 2 N–H and O–H groups in total. The third-order valence-corrected chi connectivity index (χ3v) is 4.28. The van der Waals surface area contributed by atoms with Gasteiger partial charge in [0.1, 0.15) is 5.69 Å². The minimum absolute atomic E-state index is 0.0396. The van der Waals surface area contributed by atoms with Gasteiger partial charge in [-0.15, -0.1) is 11.3 Å². The predicted octanol–water partition coefficient (Wildman–Crippen LogP) is 4.39. The van der Waals surface area contributed by atoms with E-state index in [1.165, 1.54) is 29.7 Å². The molecule has 0 radical (unpaired) electrons. The molecule has 0 saturated heterocycles. The minimum atomic E-state index is -4.42. The summed E-state index contributed by atoms with van der Waals surface area (Å²) in [6.07, 6.45) is -1.20. The van der Waals surface area contributed by atoms with Crippen molar-refractivity contribution in [3.63, 3.8) is 0 Å². The molecule has 0 unspecified atom stereocenters. The molecule has 0 atom stereocenters. The molecule has 0 aliphatic carbocycles. The molecular weight excluding hydrogens is 395 g/mol. The van der Waals surface area contributed by atoms with Gasteiger partial charge in [0.05, 0.1) is 11.8 Å². The van der Waals surface area contributed by atoms with Gasteiger partial charge < -0.3 is 5.32 Å². The average Bonchev–Trinajstić information content (AvgIpc) is 3.09. The highest BCUT2D eigenvalue weighted by atomic mass is 35.5. The van der Waals surface area contributed by atoms with E-state index in [0.29, 0.717) is 5.69 Å². The molecule has 25 heavy (non-hydrogen) atoms. The summed E-state index contributed by atoms with van der Waals surface area (Å²) in [6.45, 7) is 0. The van der Waals surface area contributed by atoms with Crippen LogP contribution >= 0.6 is 35.2 Å². The molecule has 2 heterocycles. The van der Waals surface area contributed by atoms with Crippen LogP contribution in [-0.2, 0) is 6.18 Å². The fourth-order valence-electron chi connectivity index (χ4n) is 1.98. The van der Waals surface area contributed by atoms with Gasteiger partial charge in [0.15, 0.2) is 15.2 Å². The van der Waals surface area contributed by atoms with Gasteiger partial charge in [0.25, 0.3) is 0 Å². The number of hydrazone groups is 1. The standard InChI is InChI=1S/C14H9ClF3N5S2/c15-11-10(23-4-5-25-13(23)21-11)7-19-22-12(24)20-9-3-1-2-8(6-9)14(16,17)18/h1-7H,(H2,20,22,24)/b19-7+. The molecule has 0 aliphatic heterocycles. The van der Waals surface area contributed by atoms with Crippen LogP contribution in [0.1, 0.15) is 11.3 Å². The second-order valence-corrected chi connectivity index (χ2v) is 6.39. The van der Waals surface area contributed by atoms with E-state index in [2.05, 4.69) is 20.8 Å². The van der Waals surface area contributed by atoms with Crippen LogP contribution in [0.2, 0.25) is 5.15 Å². The van der Waals surface area contributed by atoms with Crippen LogP contribution in [0.5, 0.6) is 0 Å². The molecule has 3 rings (SSSR count). The van der Waals surface area contributed by atoms with Gasteiger partial charge in [0, 0.05) is 17.3 Å². The Labute approximate surface area is 154 Å². The molecule has 0 amide bonds. The third kappa shape index (κ3) is 4.09. The van der Waals surface area contributed by atoms with Crippen molar-refractivity contribution in [1.29, 1.82) is 0 Å². The van der Waals surface area contributed by atoms with Crippen molar-refractivity contribution in [2.45, 2.75) is 6.18 Å². The highest BCUT2D eigenvalue weighted by Gasteiger charge is 2.30. The third-order valence-electron chi connectivity index (χ3n) is 3.05. The molecule has 0 bridgehead atoms. The van der Waals surface area contributed by atoms with Crippen LogP contribution in [0.3, 0.4) is 0 Å². The largest absolute Gasteiger partial charge is 0.416 e. The number of alkyl halides is 3. The molecule has 2 aromatic heterocycles. The Kier molecular flexibility index (Phi) is 4.93. The average molecular weight is 404 g/mol. The zero-order chi connectivity index (χ0) is 18.0. The van der Waals surface area contributed by atoms with Gasteiger partial charge in [-0.3, -0.25) is 9.83 Å². The highest BCUT2D eigenvalue weighted by Crippen LogP contribution is 2.30. The number of nitrogens with one attached hydrogen (secondary N) is 2. The van der Waals surface area contributed by atoms with E-state index in [1.807, 2.05) is 5.38 Å². The molecule has 0 spiro atoms. The molecule has 0 fully saturated rings. The lowest BCUT2D eigenvalue weighted by Crippen LogP contribution is -2.24. The summed E-state index contributed by atoms with van der Waals surface area (Å²) < 4.78 is 39.8. The maximum absolute atomic E-state index is 12.7. The first-order valence-corrected chi connectivity index (χ1v) is 8.39. The van der Waals surface area contributed by atoms with Crippen molar-refractivity contribution in [1.82, 2.24) is 14.8 Å². The van der Waals surface area contributed by atoms with Crippen LogP contribution in [0, 0.1) is 0 Å². The number of hydrogen-bond acceptors (Lipinski definition) is 4. The Bertz CT molecular complexity index is 947. The van der Waals surface area contributed by atoms with Crippen molar-refractivity contribution in [3.8, 4) is 0 Å². The van der Waals surface area contributed by atoms with Gasteiger partial charge in [-0.05, 0) is 30.4 Å². The molecule has 5 nitrogen and oxygen atoms in total. The number of benzene rings is 1. The first kappa shape index (κ1) is 17.6. The van der Waals surface area contributed by atoms with E-state index in [-0.39, 0.29) is 16.0 Å². The van der Waals surface area contributed by atoms with E-state index < -0.39 is 11.7 Å². The minimum Gasteiger partial charge on any atom is -0.331 e. The van der Waals surface area contributed by atoms with E-state index in [4.69, 9.17) is 23.8 Å². The Balaban J connectivity index is 1.65. The topological polar surface area (TPSA) is 53.7 Å². The van der Waals surface area contributed by atoms with Crippen molar-refractivity contribution in [3.05, 3.63) is 52.3 Å².